The topological polar surface area (TPSA) is 55.6 Å². The van der Waals surface area contributed by atoms with Crippen LogP contribution in [0, 0.1) is 0 Å². The molecular formula is C12H21FN2O2. The van der Waals surface area contributed by atoms with Gasteiger partial charge in [0.1, 0.15) is 11.8 Å². The second-order valence-corrected chi connectivity index (χ2v) is 5.43. The van der Waals surface area contributed by atoms with E-state index in [1.807, 2.05) is 0 Å². The van der Waals surface area contributed by atoms with Crippen LogP contribution in [0.25, 0.3) is 0 Å². The highest BCUT2D eigenvalue weighted by atomic mass is 19.1. The van der Waals surface area contributed by atoms with Gasteiger partial charge in [-0.1, -0.05) is 6.58 Å². The van der Waals surface area contributed by atoms with Gasteiger partial charge in [0.25, 0.3) is 0 Å². The maximum absolute atomic E-state index is 13.4. The van der Waals surface area contributed by atoms with Crippen LogP contribution in [0.2, 0.25) is 0 Å². The first-order valence-corrected chi connectivity index (χ1v) is 5.77. The van der Waals surface area contributed by atoms with E-state index in [1.165, 1.54) is 4.90 Å². The summed E-state index contributed by atoms with van der Waals surface area (Å²) in [7, 11) is 0. The summed E-state index contributed by atoms with van der Waals surface area (Å²) in [6, 6.07) is -0.426. The number of carbonyl (C=O) groups is 1. The van der Waals surface area contributed by atoms with Gasteiger partial charge in [-0.25, -0.2) is 9.18 Å². The van der Waals surface area contributed by atoms with Crippen molar-refractivity contribution < 1.29 is 13.9 Å². The van der Waals surface area contributed by atoms with Crippen molar-refractivity contribution in [2.75, 3.05) is 6.54 Å². The standard InChI is InChI=1S/C12H21FN2O2/c1-8(14)7-15(10-6-5-9(10)13)11(16)17-12(2,3)4/h9-10H,1,5-7,14H2,2-4H3/t9?,10-/m1/s1. The molecule has 2 N–H and O–H groups in total. The molecule has 1 saturated carbocycles. The van der Waals surface area contributed by atoms with E-state index in [0.717, 1.165) is 0 Å². The van der Waals surface area contributed by atoms with Gasteiger partial charge in [-0.2, -0.15) is 0 Å². The normalized spacial score (nSPS) is 23.8. The Morgan fingerprint density at radius 1 is 1.53 bits per heavy atom. The van der Waals surface area contributed by atoms with Crippen molar-refractivity contribution in [2.24, 2.45) is 5.73 Å². The molecule has 2 atom stereocenters. The molecule has 0 aliphatic heterocycles. The second-order valence-electron chi connectivity index (χ2n) is 5.43. The van der Waals surface area contributed by atoms with Crippen molar-refractivity contribution >= 4 is 6.09 Å². The van der Waals surface area contributed by atoms with Gasteiger partial charge in [-0.05, 0) is 33.6 Å². The summed E-state index contributed by atoms with van der Waals surface area (Å²) in [4.78, 5) is 13.2. The Kier molecular flexibility index (Phi) is 4.01. The van der Waals surface area contributed by atoms with Crippen LogP contribution >= 0.6 is 0 Å². The molecule has 0 bridgehead atoms. The number of halogens is 1. The largest absolute Gasteiger partial charge is 0.444 e. The molecule has 98 valence electrons. The smallest absolute Gasteiger partial charge is 0.410 e. The SMILES string of the molecule is C=C(N)CN(C(=O)OC(C)(C)C)[C@@H]1CCC1F. The van der Waals surface area contributed by atoms with Crippen LogP contribution in [-0.2, 0) is 4.74 Å². The van der Waals surface area contributed by atoms with Crippen molar-refractivity contribution in [3.8, 4) is 0 Å². The molecule has 1 amide bonds. The van der Waals surface area contributed by atoms with Crippen LogP contribution in [0.5, 0.6) is 0 Å². The highest BCUT2D eigenvalue weighted by Crippen LogP contribution is 2.29. The van der Waals surface area contributed by atoms with E-state index in [4.69, 9.17) is 10.5 Å². The van der Waals surface area contributed by atoms with Crippen LogP contribution in [0.1, 0.15) is 33.6 Å². The van der Waals surface area contributed by atoms with E-state index in [-0.39, 0.29) is 6.54 Å². The zero-order valence-corrected chi connectivity index (χ0v) is 10.7. The number of alkyl halides is 1. The van der Waals surface area contributed by atoms with Crippen LogP contribution in [0.4, 0.5) is 9.18 Å². The van der Waals surface area contributed by atoms with E-state index in [1.54, 1.807) is 20.8 Å². The Morgan fingerprint density at radius 3 is 2.41 bits per heavy atom. The van der Waals surface area contributed by atoms with E-state index in [0.29, 0.717) is 18.5 Å². The molecule has 17 heavy (non-hydrogen) atoms. The summed E-state index contributed by atoms with van der Waals surface area (Å²) in [6.45, 7) is 9.00. The fraction of sp³-hybridized carbons (Fsp3) is 0.750. The summed E-state index contributed by atoms with van der Waals surface area (Å²) < 4.78 is 18.6. The van der Waals surface area contributed by atoms with Gasteiger partial charge in [-0.3, -0.25) is 4.90 Å². The number of hydrogen-bond acceptors (Lipinski definition) is 3. The molecule has 1 rings (SSSR count). The molecular weight excluding hydrogens is 223 g/mol. The summed E-state index contributed by atoms with van der Waals surface area (Å²) in [5.74, 6) is 0. The van der Waals surface area contributed by atoms with Crippen LogP contribution in [-0.4, -0.2) is 35.4 Å². The Bertz CT molecular complexity index is 312. The quantitative estimate of drug-likeness (QED) is 0.828. The minimum atomic E-state index is -0.984. The molecule has 0 heterocycles. The Labute approximate surface area is 102 Å². The lowest BCUT2D eigenvalue weighted by atomic mass is 9.89. The van der Waals surface area contributed by atoms with Gasteiger partial charge in [-0.15, -0.1) is 0 Å². The number of carbonyl (C=O) groups excluding carboxylic acids is 1. The summed E-state index contributed by atoms with van der Waals surface area (Å²) in [5.41, 5.74) is 5.22. The van der Waals surface area contributed by atoms with Crippen molar-refractivity contribution in [3.05, 3.63) is 12.3 Å². The minimum Gasteiger partial charge on any atom is -0.444 e. The number of rotatable bonds is 3. The fourth-order valence-electron chi connectivity index (χ4n) is 1.65. The third kappa shape index (κ3) is 3.91. The lowest BCUT2D eigenvalue weighted by Gasteiger charge is -2.40. The lowest BCUT2D eigenvalue weighted by molar-refractivity contribution is -0.0112. The summed E-state index contributed by atoms with van der Waals surface area (Å²) in [6.07, 6.45) is -0.382. The Morgan fingerprint density at radius 2 is 2.12 bits per heavy atom. The molecule has 5 heteroatoms. The van der Waals surface area contributed by atoms with Gasteiger partial charge < -0.3 is 10.5 Å². The van der Waals surface area contributed by atoms with Crippen LogP contribution in [0.15, 0.2) is 12.3 Å². The van der Waals surface area contributed by atoms with Crippen molar-refractivity contribution in [3.63, 3.8) is 0 Å². The molecule has 1 fully saturated rings. The zero-order chi connectivity index (χ0) is 13.2. The molecule has 0 aromatic heterocycles. The molecule has 0 spiro atoms. The Balaban J connectivity index is 2.69. The minimum absolute atomic E-state index is 0.139. The first-order chi connectivity index (χ1) is 7.70. The first kappa shape index (κ1) is 13.8. The molecule has 1 aliphatic carbocycles. The van der Waals surface area contributed by atoms with Gasteiger partial charge in [0, 0.05) is 5.70 Å². The van der Waals surface area contributed by atoms with E-state index in [9.17, 15) is 9.18 Å². The van der Waals surface area contributed by atoms with Crippen molar-refractivity contribution in [2.45, 2.75) is 51.4 Å². The first-order valence-electron chi connectivity index (χ1n) is 5.77. The number of nitrogens with two attached hydrogens (primary N) is 1. The molecule has 1 unspecified atom stereocenters. The predicted molar refractivity (Wildman–Crippen MR) is 64.2 cm³/mol. The third-order valence-corrected chi connectivity index (χ3v) is 2.56. The molecule has 1 aliphatic rings. The maximum Gasteiger partial charge on any atom is 0.410 e. The zero-order valence-electron chi connectivity index (χ0n) is 10.7. The molecule has 0 aromatic rings. The Hall–Kier alpha value is -1.26. The average Bonchev–Trinajstić information content (AvgIpc) is 2.11. The monoisotopic (exact) mass is 244 g/mol. The van der Waals surface area contributed by atoms with Gasteiger partial charge in [0.15, 0.2) is 0 Å². The third-order valence-electron chi connectivity index (χ3n) is 2.56. The lowest BCUT2D eigenvalue weighted by Crippen LogP contribution is -2.53. The van der Waals surface area contributed by atoms with Crippen molar-refractivity contribution in [1.29, 1.82) is 0 Å². The number of hydrogen-bond donors (Lipinski definition) is 1. The van der Waals surface area contributed by atoms with E-state index >= 15 is 0 Å². The maximum atomic E-state index is 13.4. The number of ether oxygens (including phenoxy) is 1. The number of amides is 1. The van der Waals surface area contributed by atoms with Crippen LogP contribution < -0.4 is 5.73 Å². The molecule has 4 nitrogen and oxygen atoms in total. The van der Waals surface area contributed by atoms with Crippen molar-refractivity contribution in [1.82, 2.24) is 4.90 Å². The van der Waals surface area contributed by atoms with Gasteiger partial charge in [0.2, 0.25) is 0 Å². The van der Waals surface area contributed by atoms with Gasteiger partial charge in [0.05, 0.1) is 12.6 Å². The fourth-order valence-corrected chi connectivity index (χ4v) is 1.65. The van der Waals surface area contributed by atoms with E-state index < -0.39 is 23.9 Å². The molecule has 0 aromatic carbocycles. The van der Waals surface area contributed by atoms with E-state index in [2.05, 4.69) is 6.58 Å². The van der Waals surface area contributed by atoms with Gasteiger partial charge >= 0.3 is 6.09 Å². The average molecular weight is 244 g/mol. The second kappa shape index (κ2) is 4.94. The molecule has 0 saturated heterocycles. The summed E-state index contributed by atoms with van der Waals surface area (Å²) >= 11 is 0. The highest BCUT2D eigenvalue weighted by molar-refractivity contribution is 5.69. The highest BCUT2D eigenvalue weighted by Gasteiger charge is 2.39. The summed E-state index contributed by atoms with van der Waals surface area (Å²) in [5, 5.41) is 0. The number of nitrogens with zero attached hydrogens (tertiary/aromatic N) is 1. The molecule has 0 radical (unpaired) electrons. The van der Waals surface area contributed by atoms with Crippen LogP contribution in [0.3, 0.4) is 0 Å². The predicted octanol–water partition coefficient (Wildman–Crippen LogP) is 2.20.